The van der Waals surface area contributed by atoms with E-state index < -0.39 is 0 Å². The first-order valence-electron chi connectivity index (χ1n) is 9.95. The van der Waals surface area contributed by atoms with Gasteiger partial charge in [0, 0.05) is 12.7 Å². The van der Waals surface area contributed by atoms with Crippen LogP contribution >= 0.6 is 11.3 Å². The van der Waals surface area contributed by atoms with Gasteiger partial charge in [-0.25, -0.2) is 4.68 Å². The number of ether oxygens (including phenoxy) is 1. The average Bonchev–Trinajstić information content (AvgIpc) is 3.52. The number of aromatic nitrogens is 4. The Hall–Kier alpha value is -2.81. The van der Waals surface area contributed by atoms with Gasteiger partial charge in [-0.1, -0.05) is 35.9 Å². The molecular weight excluding hydrogens is 398 g/mol. The van der Waals surface area contributed by atoms with Gasteiger partial charge in [-0.3, -0.25) is 0 Å². The van der Waals surface area contributed by atoms with E-state index in [0.29, 0.717) is 13.2 Å². The fourth-order valence-corrected chi connectivity index (χ4v) is 4.38. The molecule has 1 N–H and O–H groups in total. The van der Waals surface area contributed by atoms with Crippen LogP contribution in [0.4, 0.5) is 0 Å². The molecule has 3 aromatic heterocycles. The summed E-state index contributed by atoms with van der Waals surface area (Å²) in [5.74, 6) is 1.77. The van der Waals surface area contributed by atoms with Crippen LogP contribution in [0.3, 0.4) is 0 Å². The van der Waals surface area contributed by atoms with E-state index in [2.05, 4.69) is 64.2 Å². The molecule has 0 amide bonds. The predicted octanol–water partition coefficient (Wildman–Crippen LogP) is 2.66. The van der Waals surface area contributed by atoms with E-state index in [1.807, 2.05) is 16.8 Å². The number of hydrogen-bond donors (Lipinski definition) is 1. The van der Waals surface area contributed by atoms with Crippen molar-refractivity contribution in [1.82, 2.24) is 20.2 Å². The molecule has 7 nitrogen and oxygen atoms in total. The van der Waals surface area contributed by atoms with Gasteiger partial charge in [0.05, 0.1) is 24.3 Å². The Kier molecular flexibility index (Phi) is 6.68. The molecule has 2 atom stereocenters. The summed E-state index contributed by atoms with van der Waals surface area (Å²) in [6.07, 6.45) is 1.72. The SMILES string of the molecule is COCCn1nnnc1[C@@H](c1ccc(C)cc1)[NH+](Cc1ccco1)Cc1cccs1. The van der Waals surface area contributed by atoms with Crippen molar-refractivity contribution in [2.45, 2.75) is 32.6 Å². The molecule has 156 valence electrons. The largest absolute Gasteiger partial charge is 0.463 e. The fourth-order valence-electron chi connectivity index (χ4n) is 3.62. The van der Waals surface area contributed by atoms with Crippen molar-refractivity contribution in [1.29, 1.82) is 0 Å². The Morgan fingerprint density at radius 3 is 2.70 bits per heavy atom. The third-order valence-electron chi connectivity index (χ3n) is 5.11. The lowest BCUT2D eigenvalue weighted by molar-refractivity contribution is -0.953. The Labute approximate surface area is 179 Å². The van der Waals surface area contributed by atoms with Crippen LogP contribution in [-0.4, -0.2) is 33.9 Å². The molecule has 1 aromatic carbocycles. The van der Waals surface area contributed by atoms with Gasteiger partial charge in [0.25, 0.3) is 0 Å². The number of rotatable bonds is 10. The highest BCUT2D eigenvalue weighted by Crippen LogP contribution is 2.20. The highest BCUT2D eigenvalue weighted by molar-refractivity contribution is 7.09. The first-order valence-corrected chi connectivity index (χ1v) is 10.8. The van der Waals surface area contributed by atoms with Crippen LogP contribution in [0.1, 0.15) is 33.6 Å². The number of methoxy groups -OCH3 is 1. The van der Waals surface area contributed by atoms with Gasteiger partial charge in [-0.15, -0.1) is 16.4 Å². The molecular formula is C22H26N5O2S+. The van der Waals surface area contributed by atoms with Gasteiger partial charge in [-0.2, -0.15) is 0 Å². The van der Waals surface area contributed by atoms with Gasteiger partial charge >= 0.3 is 0 Å². The maximum absolute atomic E-state index is 5.70. The first kappa shape index (κ1) is 20.5. The minimum Gasteiger partial charge on any atom is -0.463 e. The number of aryl methyl sites for hydroxylation is 1. The summed E-state index contributed by atoms with van der Waals surface area (Å²) in [6, 6.07) is 16.8. The van der Waals surface area contributed by atoms with Crippen molar-refractivity contribution in [3.8, 4) is 0 Å². The number of thiophene rings is 1. The lowest BCUT2D eigenvalue weighted by Crippen LogP contribution is -3.10. The quantitative estimate of drug-likeness (QED) is 0.424. The molecule has 0 aliphatic carbocycles. The minimum absolute atomic E-state index is 0.0512. The third-order valence-corrected chi connectivity index (χ3v) is 5.98. The fraction of sp³-hybridized carbons (Fsp3) is 0.318. The van der Waals surface area contributed by atoms with Crippen molar-refractivity contribution in [3.63, 3.8) is 0 Å². The maximum atomic E-state index is 5.70. The van der Waals surface area contributed by atoms with E-state index in [1.165, 1.54) is 20.9 Å². The first-order chi connectivity index (χ1) is 14.7. The summed E-state index contributed by atoms with van der Waals surface area (Å²) in [4.78, 5) is 2.61. The maximum Gasteiger partial charge on any atom is 0.214 e. The van der Waals surface area contributed by atoms with Crippen LogP contribution in [0.5, 0.6) is 0 Å². The summed E-state index contributed by atoms with van der Waals surface area (Å²) >= 11 is 1.76. The van der Waals surface area contributed by atoms with Gasteiger partial charge in [-0.05, 0) is 40.9 Å². The van der Waals surface area contributed by atoms with Gasteiger partial charge in [0.1, 0.15) is 13.1 Å². The van der Waals surface area contributed by atoms with Crippen LogP contribution in [0.2, 0.25) is 0 Å². The van der Waals surface area contributed by atoms with Crippen LogP contribution in [0.25, 0.3) is 0 Å². The third kappa shape index (κ3) is 4.84. The van der Waals surface area contributed by atoms with Crippen molar-refractivity contribution >= 4 is 11.3 Å². The molecule has 0 aliphatic heterocycles. The molecule has 0 saturated carbocycles. The van der Waals surface area contributed by atoms with Gasteiger partial charge in [0.2, 0.25) is 5.82 Å². The van der Waals surface area contributed by atoms with Crippen molar-refractivity contribution in [3.05, 3.63) is 87.8 Å². The topological polar surface area (TPSA) is 70.4 Å². The normalized spacial score (nSPS) is 13.4. The van der Waals surface area contributed by atoms with Crippen LogP contribution < -0.4 is 4.90 Å². The lowest BCUT2D eigenvalue weighted by atomic mass is 10.0. The Bertz CT molecular complexity index is 976. The Morgan fingerprint density at radius 1 is 1.13 bits per heavy atom. The highest BCUT2D eigenvalue weighted by Gasteiger charge is 2.32. The number of benzene rings is 1. The molecule has 0 radical (unpaired) electrons. The molecule has 30 heavy (non-hydrogen) atoms. The zero-order chi connectivity index (χ0) is 20.8. The second kappa shape index (κ2) is 9.80. The van der Waals surface area contributed by atoms with Crippen molar-refractivity contribution < 1.29 is 14.1 Å². The predicted molar refractivity (Wildman–Crippen MR) is 114 cm³/mol. The van der Waals surface area contributed by atoms with E-state index in [-0.39, 0.29) is 6.04 Å². The van der Waals surface area contributed by atoms with Crippen molar-refractivity contribution in [2.75, 3.05) is 13.7 Å². The van der Waals surface area contributed by atoms with Gasteiger partial charge in [0.15, 0.2) is 11.8 Å². The summed E-state index contributed by atoms with van der Waals surface area (Å²) in [6.45, 7) is 4.82. The molecule has 3 heterocycles. The second-order valence-corrected chi connectivity index (χ2v) is 8.30. The van der Waals surface area contributed by atoms with E-state index in [9.17, 15) is 0 Å². The standard InChI is InChI=1S/C22H25N5O2S/c1-17-7-9-18(10-8-17)21(22-23-24-25-27(22)11-13-28-2)26(15-19-5-3-12-29-19)16-20-6-4-14-30-20/h3-10,12,14,21H,11,13,15-16H2,1-2H3/p+1/t21-/m1/s1. The number of furan rings is 1. The summed E-state index contributed by atoms with van der Waals surface area (Å²) < 4.78 is 12.8. The molecule has 4 rings (SSSR count). The zero-order valence-electron chi connectivity index (χ0n) is 17.2. The summed E-state index contributed by atoms with van der Waals surface area (Å²) in [7, 11) is 1.69. The molecule has 0 aliphatic rings. The lowest BCUT2D eigenvalue weighted by Gasteiger charge is -2.27. The number of quaternary nitrogens is 1. The van der Waals surface area contributed by atoms with Crippen molar-refractivity contribution in [2.24, 2.45) is 0 Å². The van der Waals surface area contributed by atoms with E-state index in [0.717, 1.165) is 24.7 Å². The highest BCUT2D eigenvalue weighted by atomic mass is 32.1. The smallest absolute Gasteiger partial charge is 0.214 e. The second-order valence-electron chi connectivity index (χ2n) is 7.27. The number of tetrazole rings is 1. The summed E-state index contributed by atoms with van der Waals surface area (Å²) in [5.41, 5.74) is 2.40. The monoisotopic (exact) mass is 424 g/mol. The van der Waals surface area contributed by atoms with Crippen LogP contribution in [0.15, 0.2) is 64.6 Å². The number of nitrogens with zero attached hydrogens (tertiary/aromatic N) is 4. The average molecular weight is 425 g/mol. The van der Waals surface area contributed by atoms with Crippen LogP contribution in [-0.2, 0) is 24.4 Å². The molecule has 4 aromatic rings. The molecule has 1 unspecified atom stereocenters. The molecule has 0 bridgehead atoms. The number of hydrogen-bond acceptors (Lipinski definition) is 6. The van der Waals surface area contributed by atoms with E-state index in [1.54, 1.807) is 24.7 Å². The molecule has 8 heteroatoms. The van der Waals surface area contributed by atoms with E-state index >= 15 is 0 Å². The molecule has 0 saturated heterocycles. The Morgan fingerprint density at radius 2 is 2.00 bits per heavy atom. The zero-order valence-corrected chi connectivity index (χ0v) is 18.0. The van der Waals surface area contributed by atoms with E-state index in [4.69, 9.17) is 9.15 Å². The van der Waals surface area contributed by atoms with Gasteiger partial charge < -0.3 is 14.1 Å². The Balaban J connectivity index is 1.76. The molecule has 0 fully saturated rings. The summed E-state index contributed by atoms with van der Waals surface area (Å²) in [5, 5.41) is 14.8. The van der Waals surface area contributed by atoms with Crippen LogP contribution in [0, 0.1) is 6.92 Å². The number of nitrogens with one attached hydrogen (secondary N) is 1. The minimum atomic E-state index is -0.0512. The molecule has 0 spiro atoms.